The molecule has 16 heteroatoms. The normalized spacial score (nSPS) is 16.8. The summed E-state index contributed by atoms with van der Waals surface area (Å²) in [5.74, 6) is 0. The highest BCUT2D eigenvalue weighted by molar-refractivity contribution is 7.85. The quantitative estimate of drug-likeness (QED) is 0.113. The van der Waals surface area contributed by atoms with Gasteiger partial charge in [0, 0.05) is 18.9 Å². The lowest BCUT2D eigenvalue weighted by Crippen LogP contribution is -2.52. The standard InChI is InChI=1S/C34H36F3N7O2.C6H6O3S/c1-23-30(29-14-19-39-43(29)27-10-8-25(38-2)9-11-27)42(32(46)41(23)28-7-5-6-24(22-28)34(35,36)37)31(45)40-26-12-15-33(16-13-26)17-20-44(3,4)21-18-33;7-10(8,9)6-4-2-1-3-5-6/h5-11,14,19,22,26H,12-13,15-18,20-21H2,1,3-4H3;1-5H,(H,7,8,9). The fourth-order valence-electron chi connectivity index (χ4n) is 7.59. The predicted octanol–water partition coefficient (Wildman–Crippen LogP) is 7.32. The predicted molar refractivity (Wildman–Crippen MR) is 203 cm³/mol. The summed E-state index contributed by atoms with van der Waals surface area (Å²) in [5.41, 5.74) is 0.523. The van der Waals surface area contributed by atoms with Crippen LogP contribution in [0.3, 0.4) is 0 Å². The smallest absolute Gasteiger partial charge is 0.416 e. The molecule has 2 aliphatic rings. The van der Waals surface area contributed by atoms with Crippen LogP contribution in [0.15, 0.2) is 101 Å². The van der Waals surface area contributed by atoms with Gasteiger partial charge >= 0.3 is 17.9 Å². The van der Waals surface area contributed by atoms with Crippen LogP contribution in [0.2, 0.25) is 0 Å². The molecule has 0 atom stereocenters. The summed E-state index contributed by atoms with van der Waals surface area (Å²) < 4.78 is 76.5. The summed E-state index contributed by atoms with van der Waals surface area (Å²) in [4.78, 5) is 31.4. The SMILES string of the molecule is O=S(=O)([O-])c1ccccc1.[C-]#[N+]c1ccc(-n2nccc2-c2c(C)n(-c3cccc(C(F)(F)F)c3)c(=O)n2C(=O)NC2CCC3(CC2)CC[N+](C)(C)CC3)cc1. The number of nitrogens with one attached hydrogen (secondary N) is 1. The zero-order valence-corrected chi connectivity index (χ0v) is 32.0. The van der Waals surface area contributed by atoms with Gasteiger partial charge in [-0.1, -0.05) is 36.4 Å². The summed E-state index contributed by atoms with van der Waals surface area (Å²) in [6.07, 6.45) is 2.81. The number of likely N-dealkylation sites (tertiary alicyclic amines) is 1. The lowest BCUT2D eigenvalue weighted by atomic mass is 9.66. The van der Waals surface area contributed by atoms with Gasteiger partial charge in [0.15, 0.2) is 5.69 Å². The maximum atomic E-state index is 14.1. The Hall–Kier alpha value is -5.50. The fourth-order valence-corrected chi connectivity index (χ4v) is 8.09. The molecule has 56 heavy (non-hydrogen) atoms. The first-order chi connectivity index (χ1) is 26.4. The highest BCUT2D eigenvalue weighted by Crippen LogP contribution is 2.45. The molecule has 0 bridgehead atoms. The number of aromatic nitrogens is 4. The Morgan fingerprint density at radius 1 is 0.946 bits per heavy atom. The minimum absolute atomic E-state index is 0.00386. The van der Waals surface area contributed by atoms with E-state index in [1.807, 2.05) is 0 Å². The molecule has 2 aromatic heterocycles. The van der Waals surface area contributed by atoms with E-state index in [0.29, 0.717) is 17.1 Å². The third-order valence-corrected chi connectivity index (χ3v) is 11.8. The van der Waals surface area contributed by atoms with E-state index in [1.54, 1.807) is 48.0 Å². The van der Waals surface area contributed by atoms with E-state index in [0.717, 1.165) is 77.4 Å². The summed E-state index contributed by atoms with van der Waals surface area (Å²) in [6, 6.07) is 19.3. The molecular formula is C40H42F3N7O5S. The van der Waals surface area contributed by atoms with Crippen molar-refractivity contribution < 1.29 is 35.4 Å². The highest BCUT2D eigenvalue weighted by atomic mass is 32.2. The Balaban J connectivity index is 0.000000463. The van der Waals surface area contributed by atoms with Crippen LogP contribution in [0, 0.1) is 18.9 Å². The van der Waals surface area contributed by atoms with Gasteiger partial charge in [-0.05, 0) is 86.6 Å². The van der Waals surface area contributed by atoms with E-state index in [2.05, 4.69) is 29.4 Å². The number of alkyl halides is 3. The molecule has 1 amide bonds. The lowest BCUT2D eigenvalue weighted by Gasteiger charge is -2.47. The van der Waals surface area contributed by atoms with Crippen LogP contribution in [0.4, 0.5) is 23.7 Å². The number of hydrogen-bond acceptors (Lipinski definition) is 6. The number of quaternary nitrogens is 1. The van der Waals surface area contributed by atoms with Crippen LogP contribution >= 0.6 is 0 Å². The summed E-state index contributed by atoms with van der Waals surface area (Å²) in [6.45, 7) is 11.1. The third-order valence-electron chi connectivity index (χ3n) is 10.9. The third kappa shape index (κ3) is 8.65. The molecule has 2 fully saturated rings. The minimum Gasteiger partial charge on any atom is -0.744 e. The molecule has 1 spiro atoms. The van der Waals surface area contributed by atoms with Crippen LogP contribution in [-0.4, -0.2) is 75.6 Å². The van der Waals surface area contributed by atoms with Crippen molar-refractivity contribution in [3.63, 3.8) is 0 Å². The first kappa shape index (κ1) is 40.2. The van der Waals surface area contributed by atoms with Gasteiger partial charge < -0.3 is 14.4 Å². The van der Waals surface area contributed by atoms with Crippen molar-refractivity contribution in [3.05, 3.63) is 124 Å². The molecule has 1 saturated heterocycles. The van der Waals surface area contributed by atoms with Gasteiger partial charge in [0.25, 0.3) is 0 Å². The van der Waals surface area contributed by atoms with E-state index in [-0.39, 0.29) is 33.4 Å². The monoisotopic (exact) mass is 789 g/mol. The first-order valence-corrected chi connectivity index (χ1v) is 19.5. The van der Waals surface area contributed by atoms with E-state index in [1.165, 1.54) is 42.6 Å². The van der Waals surface area contributed by atoms with Crippen LogP contribution in [0.25, 0.3) is 27.6 Å². The number of halogens is 3. The molecular weight excluding hydrogens is 748 g/mol. The molecule has 5 aromatic rings. The van der Waals surface area contributed by atoms with E-state index in [4.69, 9.17) is 6.57 Å². The molecule has 294 valence electrons. The maximum absolute atomic E-state index is 14.1. The number of benzene rings is 3. The van der Waals surface area contributed by atoms with Gasteiger partial charge in [0.1, 0.15) is 15.8 Å². The van der Waals surface area contributed by atoms with Gasteiger partial charge in [-0.15, -0.1) is 0 Å². The Labute approximate surface area is 323 Å². The molecule has 0 radical (unpaired) electrons. The maximum Gasteiger partial charge on any atom is 0.416 e. The number of hydrogen-bond donors (Lipinski definition) is 1. The average Bonchev–Trinajstić information content (AvgIpc) is 3.75. The first-order valence-electron chi connectivity index (χ1n) is 18.1. The Kier molecular flexibility index (Phi) is 11.2. The van der Waals surface area contributed by atoms with Gasteiger partial charge in [-0.3, -0.25) is 4.57 Å². The number of rotatable bonds is 5. The lowest BCUT2D eigenvalue weighted by molar-refractivity contribution is -0.897. The number of piperidine rings is 1. The van der Waals surface area contributed by atoms with Gasteiger partial charge in [-0.2, -0.15) is 18.3 Å². The van der Waals surface area contributed by atoms with Crippen LogP contribution < -0.4 is 11.0 Å². The molecule has 7 rings (SSSR count). The molecule has 1 N–H and O–H groups in total. The Morgan fingerprint density at radius 3 is 2.16 bits per heavy atom. The molecule has 0 unspecified atom stereocenters. The van der Waals surface area contributed by atoms with E-state index >= 15 is 0 Å². The Bertz CT molecular complexity index is 2410. The molecule has 1 aliphatic heterocycles. The number of amides is 1. The van der Waals surface area contributed by atoms with Crippen molar-refractivity contribution in [3.8, 4) is 22.8 Å². The fraction of sp³-hybridized carbons (Fsp3) is 0.350. The summed E-state index contributed by atoms with van der Waals surface area (Å²) in [5, 5.41) is 7.51. The number of imidazole rings is 1. The van der Waals surface area contributed by atoms with Gasteiger partial charge in [0.2, 0.25) is 0 Å². The van der Waals surface area contributed by atoms with Crippen LogP contribution in [-0.2, 0) is 16.3 Å². The molecule has 3 aromatic carbocycles. The number of carbonyl (C=O) groups excluding carboxylic acids is 1. The van der Waals surface area contributed by atoms with Crippen LogP contribution in [0.5, 0.6) is 0 Å². The zero-order valence-electron chi connectivity index (χ0n) is 31.2. The van der Waals surface area contributed by atoms with Crippen molar-refractivity contribution in [2.75, 3.05) is 27.2 Å². The second-order valence-corrected chi connectivity index (χ2v) is 16.4. The van der Waals surface area contributed by atoms with E-state index < -0.39 is 33.6 Å². The van der Waals surface area contributed by atoms with Gasteiger partial charge in [0.05, 0.1) is 73.2 Å². The second-order valence-electron chi connectivity index (χ2n) is 15.1. The molecule has 3 heterocycles. The largest absolute Gasteiger partial charge is 0.744 e. The minimum atomic E-state index is -4.61. The Morgan fingerprint density at radius 2 is 1.59 bits per heavy atom. The molecule has 1 aliphatic carbocycles. The highest BCUT2D eigenvalue weighted by Gasteiger charge is 2.42. The van der Waals surface area contributed by atoms with Crippen molar-refractivity contribution in [2.24, 2.45) is 5.41 Å². The summed E-state index contributed by atoms with van der Waals surface area (Å²) in [7, 11) is 0.267. The number of nitrogens with zero attached hydrogens (tertiary/aromatic N) is 6. The zero-order chi connectivity index (χ0) is 40.5. The van der Waals surface area contributed by atoms with Gasteiger partial charge in [-0.25, -0.2) is 32.1 Å². The van der Waals surface area contributed by atoms with Crippen molar-refractivity contribution >= 4 is 21.8 Å². The van der Waals surface area contributed by atoms with Crippen molar-refractivity contribution in [2.45, 2.75) is 62.6 Å². The van der Waals surface area contributed by atoms with Crippen LogP contribution in [0.1, 0.15) is 49.8 Å². The molecule has 12 nitrogen and oxygen atoms in total. The van der Waals surface area contributed by atoms with E-state index in [9.17, 15) is 35.7 Å². The topological polar surface area (TPSA) is 135 Å². The number of carbonyl (C=O) groups is 1. The second kappa shape index (κ2) is 15.6. The average molecular weight is 790 g/mol. The van der Waals surface area contributed by atoms with Crippen molar-refractivity contribution in [1.82, 2.24) is 24.2 Å². The molecule has 1 saturated carbocycles. The summed E-state index contributed by atoms with van der Waals surface area (Å²) >= 11 is 0. The van der Waals surface area contributed by atoms with Crippen molar-refractivity contribution in [1.29, 1.82) is 0 Å².